The Morgan fingerprint density at radius 3 is 2.62 bits per heavy atom. The standard InChI is InChI=1S/C16H23F2N3/c1-2-6-19-16(12-4-3-5-13(17)15(12)18)14-11-20-7-9-21(14)10-8-20/h3-5,14,16,19H,2,6-11H2,1H3. The maximum Gasteiger partial charge on any atom is 0.163 e. The van der Waals surface area contributed by atoms with E-state index in [4.69, 9.17) is 0 Å². The zero-order valence-corrected chi connectivity index (χ0v) is 12.5. The van der Waals surface area contributed by atoms with E-state index in [9.17, 15) is 8.78 Å². The summed E-state index contributed by atoms with van der Waals surface area (Å²) in [5.74, 6) is -1.46. The molecule has 2 unspecified atom stereocenters. The first-order chi connectivity index (χ1) is 10.2. The lowest BCUT2D eigenvalue weighted by molar-refractivity contribution is -0.00423. The molecule has 0 aromatic heterocycles. The van der Waals surface area contributed by atoms with Crippen molar-refractivity contribution in [1.29, 1.82) is 0 Å². The monoisotopic (exact) mass is 295 g/mol. The van der Waals surface area contributed by atoms with Crippen LogP contribution in [0.5, 0.6) is 0 Å². The SMILES string of the molecule is CCCNC(c1cccc(F)c1F)C1CN2CCN1CC2. The fourth-order valence-corrected chi connectivity index (χ4v) is 3.49. The lowest BCUT2D eigenvalue weighted by atomic mass is 9.93. The summed E-state index contributed by atoms with van der Waals surface area (Å²) in [6.45, 7) is 8.04. The highest BCUT2D eigenvalue weighted by Gasteiger charge is 2.38. The highest BCUT2D eigenvalue weighted by atomic mass is 19.2. The molecule has 0 amide bonds. The van der Waals surface area contributed by atoms with Crippen LogP contribution in [0, 0.1) is 11.6 Å². The van der Waals surface area contributed by atoms with Gasteiger partial charge >= 0.3 is 0 Å². The molecule has 3 nitrogen and oxygen atoms in total. The zero-order chi connectivity index (χ0) is 14.8. The van der Waals surface area contributed by atoms with Crippen LogP contribution in [0.25, 0.3) is 0 Å². The summed E-state index contributed by atoms with van der Waals surface area (Å²) >= 11 is 0. The quantitative estimate of drug-likeness (QED) is 0.896. The van der Waals surface area contributed by atoms with Gasteiger partial charge in [-0.1, -0.05) is 19.1 Å². The van der Waals surface area contributed by atoms with Gasteiger partial charge in [0, 0.05) is 44.3 Å². The van der Waals surface area contributed by atoms with Crippen molar-refractivity contribution in [2.45, 2.75) is 25.4 Å². The van der Waals surface area contributed by atoms with Gasteiger partial charge in [0.15, 0.2) is 11.6 Å². The van der Waals surface area contributed by atoms with Gasteiger partial charge in [0.25, 0.3) is 0 Å². The van der Waals surface area contributed by atoms with E-state index in [-0.39, 0.29) is 12.1 Å². The van der Waals surface area contributed by atoms with Gasteiger partial charge in [-0.05, 0) is 19.0 Å². The van der Waals surface area contributed by atoms with Crippen LogP contribution in [0.4, 0.5) is 8.78 Å². The summed E-state index contributed by atoms with van der Waals surface area (Å²) < 4.78 is 27.8. The fraction of sp³-hybridized carbons (Fsp3) is 0.625. The number of fused-ring (bicyclic) bond motifs is 3. The second kappa shape index (κ2) is 6.38. The zero-order valence-electron chi connectivity index (χ0n) is 12.5. The van der Waals surface area contributed by atoms with Gasteiger partial charge in [-0.3, -0.25) is 9.80 Å². The minimum absolute atomic E-state index is 0.149. The minimum atomic E-state index is -0.757. The first kappa shape index (κ1) is 14.9. The van der Waals surface area contributed by atoms with Crippen LogP contribution in [0.2, 0.25) is 0 Å². The number of hydrogen-bond acceptors (Lipinski definition) is 3. The Kier molecular flexibility index (Phi) is 4.52. The van der Waals surface area contributed by atoms with Gasteiger partial charge in [0.1, 0.15) is 0 Å². The maximum atomic E-state index is 14.2. The van der Waals surface area contributed by atoms with Crippen LogP contribution in [0.15, 0.2) is 18.2 Å². The van der Waals surface area contributed by atoms with E-state index < -0.39 is 11.6 Å². The highest BCUT2D eigenvalue weighted by Crippen LogP contribution is 2.29. The molecule has 3 aliphatic rings. The minimum Gasteiger partial charge on any atom is -0.309 e. The molecule has 3 fully saturated rings. The molecular formula is C16H23F2N3. The van der Waals surface area contributed by atoms with E-state index in [0.717, 1.165) is 45.7 Å². The molecule has 5 heteroatoms. The van der Waals surface area contributed by atoms with Gasteiger partial charge < -0.3 is 5.32 Å². The second-order valence-corrected chi connectivity index (χ2v) is 5.98. The number of nitrogens with one attached hydrogen (secondary N) is 1. The van der Waals surface area contributed by atoms with Crippen molar-refractivity contribution in [3.63, 3.8) is 0 Å². The number of benzene rings is 1. The van der Waals surface area contributed by atoms with Crippen molar-refractivity contribution in [2.24, 2.45) is 0 Å². The number of nitrogens with zero attached hydrogens (tertiary/aromatic N) is 2. The molecule has 0 aliphatic carbocycles. The van der Waals surface area contributed by atoms with Crippen LogP contribution in [0.3, 0.4) is 0 Å². The van der Waals surface area contributed by atoms with Crippen molar-refractivity contribution < 1.29 is 8.78 Å². The van der Waals surface area contributed by atoms with Gasteiger partial charge in [0.05, 0.1) is 6.04 Å². The van der Waals surface area contributed by atoms with E-state index in [1.807, 2.05) is 0 Å². The molecule has 1 N–H and O–H groups in total. The molecule has 1 aromatic carbocycles. The first-order valence-corrected chi connectivity index (χ1v) is 7.84. The molecule has 3 heterocycles. The molecule has 3 aliphatic heterocycles. The van der Waals surface area contributed by atoms with Crippen molar-refractivity contribution in [3.8, 4) is 0 Å². The Labute approximate surface area is 124 Å². The van der Waals surface area contributed by atoms with Crippen LogP contribution in [-0.2, 0) is 0 Å². The number of rotatable bonds is 5. The Morgan fingerprint density at radius 1 is 1.24 bits per heavy atom. The molecule has 4 rings (SSSR count). The third-order valence-electron chi connectivity index (χ3n) is 4.64. The Bertz CT molecular complexity index is 486. The molecule has 0 spiro atoms. The van der Waals surface area contributed by atoms with Crippen molar-refractivity contribution in [2.75, 3.05) is 39.3 Å². The Hall–Kier alpha value is -1.04. The molecule has 116 valence electrons. The highest BCUT2D eigenvalue weighted by molar-refractivity contribution is 5.25. The predicted molar refractivity (Wildman–Crippen MR) is 79.2 cm³/mol. The molecule has 0 saturated carbocycles. The van der Waals surface area contributed by atoms with E-state index in [1.165, 1.54) is 6.07 Å². The Balaban J connectivity index is 1.88. The van der Waals surface area contributed by atoms with Crippen LogP contribution in [-0.4, -0.2) is 55.1 Å². The number of halogens is 2. The van der Waals surface area contributed by atoms with E-state index >= 15 is 0 Å². The average Bonchev–Trinajstić information content (AvgIpc) is 2.53. The van der Waals surface area contributed by atoms with E-state index in [0.29, 0.717) is 5.56 Å². The summed E-state index contributed by atoms with van der Waals surface area (Å²) in [5, 5.41) is 3.43. The van der Waals surface area contributed by atoms with Crippen LogP contribution < -0.4 is 5.32 Å². The maximum absolute atomic E-state index is 14.2. The topological polar surface area (TPSA) is 18.5 Å². The molecule has 0 radical (unpaired) electrons. The van der Waals surface area contributed by atoms with Crippen LogP contribution in [0.1, 0.15) is 24.9 Å². The van der Waals surface area contributed by atoms with Gasteiger partial charge in [-0.15, -0.1) is 0 Å². The lowest BCUT2D eigenvalue weighted by Gasteiger charge is -2.50. The summed E-state index contributed by atoms with van der Waals surface area (Å²) in [6.07, 6.45) is 0.976. The van der Waals surface area contributed by atoms with Crippen molar-refractivity contribution in [3.05, 3.63) is 35.4 Å². The molecule has 2 atom stereocenters. The third-order valence-corrected chi connectivity index (χ3v) is 4.64. The van der Waals surface area contributed by atoms with Gasteiger partial charge in [-0.25, -0.2) is 8.78 Å². The van der Waals surface area contributed by atoms with Gasteiger partial charge in [-0.2, -0.15) is 0 Å². The smallest absolute Gasteiger partial charge is 0.163 e. The van der Waals surface area contributed by atoms with E-state index in [1.54, 1.807) is 12.1 Å². The van der Waals surface area contributed by atoms with Crippen molar-refractivity contribution >= 4 is 0 Å². The first-order valence-electron chi connectivity index (χ1n) is 7.84. The number of hydrogen-bond donors (Lipinski definition) is 1. The normalized spacial score (nSPS) is 29.6. The average molecular weight is 295 g/mol. The fourth-order valence-electron chi connectivity index (χ4n) is 3.49. The molecular weight excluding hydrogens is 272 g/mol. The second-order valence-electron chi connectivity index (χ2n) is 5.98. The van der Waals surface area contributed by atoms with Crippen molar-refractivity contribution in [1.82, 2.24) is 15.1 Å². The molecule has 2 bridgehead atoms. The van der Waals surface area contributed by atoms with E-state index in [2.05, 4.69) is 22.0 Å². The third kappa shape index (κ3) is 2.96. The van der Waals surface area contributed by atoms with Crippen LogP contribution >= 0.6 is 0 Å². The largest absolute Gasteiger partial charge is 0.309 e. The lowest BCUT2D eigenvalue weighted by Crippen LogP contribution is -2.64. The molecule has 1 aromatic rings. The predicted octanol–water partition coefficient (Wildman–Crippen LogP) is 2.01. The molecule has 3 saturated heterocycles. The summed E-state index contributed by atoms with van der Waals surface area (Å²) in [7, 11) is 0. The Morgan fingerprint density at radius 2 is 2.00 bits per heavy atom. The number of piperazine rings is 3. The summed E-state index contributed by atoms with van der Waals surface area (Å²) in [5.41, 5.74) is 0.460. The van der Waals surface area contributed by atoms with Gasteiger partial charge in [0.2, 0.25) is 0 Å². The summed E-state index contributed by atoms with van der Waals surface area (Å²) in [6, 6.07) is 4.57. The molecule has 21 heavy (non-hydrogen) atoms. The summed E-state index contributed by atoms with van der Waals surface area (Å²) in [4.78, 5) is 4.83.